The smallest absolute Gasteiger partial charge is 0.340 e. The number of nitro benzene ring substituents is 1. The van der Waals surface area contributed by atoms with Gasteiger partial charge in [0.2, 0.25) is 0 Å². The van der Waals surface area contributed by atoms with Crippen LogP contribution in [0.1, 0.15) is 115 Å². The topological polar surface area (TPSA) is 177 Å². The predicted molar refractivity (Wildman–Crippen MR) is 168 cm³/mol. The van der Waals surface area contributed by atoms with Crippen LogP contribution < -0.4 is 0 Å². The first-order valence-electron chi connectivity index (χ1n) is 16.5. The van der Waals surface area contributed by atoms with Gasteiger partial charge in [-0.05, 0) is 82.6 Å². The minimum Gasteiger partial charge on any atom is -0.507 e. The fourth-order valence-corrected chi connectivity index (χ4v) is 7.73. The number of rotatable bonds is 14. The first-order chi connectivity index (χ1) is 21.0. The zero-order chi connectivity index (χ0) is 34.0. The highest BCUT2D eigenvalue weighted by atomic mass is 16.6. The summed E-state index contributed by atoms with van der Waals surface area (Å²) in [6.45, 7) is 14.7. The number of carbonyl (C=O) groups excluding carboxylic acids is 1. The van der Waals surface area contributed by atoms with Crippen molar-refractivity contribution in [3.8, 4) is 5.75 Å². The number of aliphatic hydroxyl groups excluding tert-OH is 1. The predicted octanol–water partition coefficient (Wildman–Crippen LogP) is 5.75. The number of benzene rings is 1. The summed E-state index contributed by atoms with van der Waals surface area (Å²) in [5.74, 6) is -3.78. The van der Waals surface area contributed by atoms with E-state index in [0.29, 0.717) is 32.1 Å². The van der Waals surface area contributed by atoms with E-state index in [4.69, 9.17) is 9.47 Å². The lowest BCUT2D eigenvalue weighted by molar-refractivity contribution is -0.385. The average Bonchev–Trinajstić information content (AvgIpc) is 3.34. The number of carboxylic acids is 1. The van der Waals surface area contributed by atoms with Crippen molar-refractivity contribution >= 4 is 17.4 Å². The molecule has 4 N–H and O–H groups in total. The second-order valence-electron chi connectivity index (χ2n) is 13.6. The van der Waals surface area contributed by atoms with Crippen molar-refractivity contribution in [2.75, 3.05) is 0 Å². The van der Waals surface area contributed by atoms with Gasteiger partial charge in [-0.3, -0.25) is 14.9 Å². The Labute approximate surface area is 266 Å². The quantitative estimate of drug-likeness (QED) is 0.145. The normalized spacial score (nSPS) is 31.2. The van der Waals surface area contributed by atoms with Crippen LogP contribution in [0.15, 0.2) is 6.07 Å². The van der Waals surface area contributed by atoms with Crippen LogP contribution in [-0.4, -0.2) is 72.7 Å². The lowest BCUT2D eigenvalue weighted by Gasteiger charge is -2.47. The van der Waals surface area contributed by atoms with Crippen LogP contribution >= 0.6 is 0 Å². The van der Waals surface area contributed by atoms with Gasteiger partial charge in [-0.15, -0.1) is 0 Å². The third-order valence-corrected chi connectivity index (χ3v) is 10.9. The van der Waals surface area contributed by atoms with Crippen LogP contribution in [-0.2, 0) is 20.7 Å². The van der Waals surface area contributed by atoms with Crippen LogP contribution in [0.5, 0.6) is 5.75 Å². The number of aromatic carboxylic acids is 1. The largest absolute Gasteiger partial charge is 0.507 e. The Morgan fingerprint density at radius 3 is 2.33 bits per heavy atom. The van der Waals surface area contributed by atoms with Crippen molar-refractivity contribution in [1.82, 2.24) is 0 Å². The number of Topliss-reactive ketones (excluding diaryl/α,β-unsaturated/α-hetero) is 1. The summed E-state index contributed by atoms with van der Waals surface area (Å²) < 4.78 is 13.2. The molecule has 0 saturated carbocycles. The molecular weight excluding hydrogens is 582 g/mol. The van der Waals surface area contributed by atoms with Gasteiger partial charge in [0.1, 0.15) is 17.1 Å². The molecule has 1 aromatic rings. The van der Waals surface area contributed by atoms with Gasteiger partial charge in [0, 0.05) is 23.5 Å². The second kappa shape index (κ2) is 14.4. The van der Waals surface area contributed by atoms with Crippen molar-refractivity contribution in [1.29, 1.82) is 0 Å². The van der Waals surface area contributed by atoms with Crippen molar-refractivity contribution in [2.45, 2.75) is 142 Å². The molecule has 0 aliphatic carbocycles. The molecule has 10 atom stereocenters. The highest BCUT2D eigenvalue weighted by Crippen LogP contribution is 2.48. The Bertz CT molecular complexity index is 1250. The molecule has 0 radical (unpaired) electrons. The molecule has 0 amide bonds. The molecule has 2 saturated heterocycles. The SMILES string of the molecule is CC[C@@H](C(=O)[C@@H](C)[C@@H](O)[C@H](C)CCc1c([N+](=O)[O-])cc(C)c(O)c1C(=O)O)[C@H]1O[C@](CC)([C@H]2CC[C@](O)(CC)[C@H](C)O2)C[C@@H]1C. The number of ketones is 1. The number of aromatic hydroxyl groups is 1. The van der Waals surface area contributed by atoms with Crippen LogP contribution in [0.25, 0.3) is 0 Å². The molecule has 1 aromatic carbocycles. The van der Waals surface area contributed by atoms with Crippen LogP contribution in [0.3, 0.4) is 0 Å². The number of aryl methyl sites for hydroxylation is 1. The average molecular weight is 636 g/mol. The third-order valence-electron chi connectivity index (χ3n) is 10.9. The highest BCUT2D eigenvalue weighted by Gasteiger charge is 2.55. The molecule has 0 spiro atoms. The number of carboxylic acid groups (broad SMARTS) is 1. The molecule has 11 heteroatoms. The van der Waals surface area contributed by atoms with Crippen LogP contribution in [0.4, 0.5) is 5.69 Å². The van der Waals surface area contributed by atoms with Crippen molar-refractivity contribution in [3.63, 3.8) is 0 Å². The minimum atomic E-state index is -1.47. The summed E-state index contributed by atoms with van der Waals surface area (Å²) in [6.07, 6.45) is 1.95. The van der Waals surface area contributed by atoms with Gasteiger partial charge < -0.3 is 29.9 Å². The maximum Gasteiger partial charge on any atom is 0.340 e. The van der Waals surface area contributed by atoms with Gasteiger partial charge in [-0.1, -0.05) is 41.5 Å². The van der Waals surface area contributed by atoms with E-state index in [0.717, 1.165) is 12.5 Å². The van der Waals surface area contributed by atoms with E-state index in [1.165, 1.54) is 6.92 Å². The molecule has 0 aromatic heterocycles. The molecule has 254 valence electrons. The highest BCUT2D eigenvalue weighted by molar-refractivity contribution is 5.94. The summed E-state index contributed by atoms with van der Waals surface area (Å²) in [5, 5.41) is 54.0. The van der Waals surface area contributed by atoms with E-state index >= 15 is 0 Å². The summed E-state index contributed by atoms with van der Waals surface area (Å²) in [4.78, 5) is 36.9. The van der Waals surface area contributed by atoms with Crippen molar-refractivity contribution in [3.05, 3.63) is 32.9 Å². The molecule has 0 unspecified atom stereocenters. The number of nitrogens with zero attached hydrogens (tertiary/aromatic N) is 1. The summed E-state index contributed by atoms with van der Waals surface area (Å²) in [7, 11) is 0. The van der Waals surface area contributed by atoms with E-state index in [2.05, 4.69) is 13.8 Å². The van der Waals surface area contributed by atoms with E-state index in [1.807, 2.05) is 20.8 Å². The van der Waals surface area contributed by atoms with E-state index in [9.17, 15) is 40.1 Å². The molecule has 2 aliphatic heterocycles. The summed E-state index contributed by atoms with van der Waals surface area (Å²) >= 11 is 0. The number of hydrogen-bond donors (Lipinski definition) is 4. The molecule has 45 heavy (non-hydrogen) atoms. The van der Waals surface area contributed by atoms with Gasteiger partial charge in [0.15, 0.2) is 0 Å². The number of aliphatic hydroxyl groups is 2. The van der Waals surface area contributed by atoms with Gasteiger partial charge in [0.05, 0.1) is 40.5 Å². The van der Waals surface area contributed by atoms with E-state index < -0.39 is 63.0 Å². The third kappa shape index (κ3) is 7.21. The molecule has 2 fully saturated rings. The second-order valence-corrected chi connectivity index (χ2v) is 13.6. The zero-order valence-corrected chi connectivity index (χ0v) is 28.0. The molecule has 2 heterocycles. The number of nitro groups is 1. The maximum atomic E-state index is 13.9. The summed E-state index contributed by atoms with van der Waals surface area (Å²) in [5.41, 5.74) is -2.38. The van der Waals surface area contributed by atoms with Crippen LogP contribution in [0, 0.1) is 40.7 Å². The Morgan fingerprint density at radius 2 is 1.82 bits per heavy atom. The fraction of sp³-hybridized carbons (Fsp3) is 0.765. The number of ether oxygens (including phenoxy) is 2. The summed E-state index contributed by atoms with van der Waals surface area (Å²) in [6, 6.07) is 1.15. The maximum absolute atomic E-state index is 13.9. The Kier molecular flexibility index (Phi) is 11.8. The van der Waals surface area contributed by atoms with Gasteiger partial charge in [-0.2, -0.15) is 0 Å². The molecule has 2 aliphatic rings. The minimum absolute atomic E-state index is 0.0655. The standard InChI is InChI=1S/C34H53NO10/c1-9-23(31-20(6)17-34(11-3,45-31)26-14-15-33(41,10-2)22(8)44-26)30(38)21(7)28(36)18(4)12-13-24-25(35(42)43)16-19(5)29(37)27(24)32(39)40/h16,18,20-23,26,28,31,36-37,41H,9-15,17H2,1-8H3,(H,39,40)/t18-,20+,21+,22+,23+,26-,28+,31+,33-,34+/m1/s1. The van der Waals surface area contributed by atoms with Crippen LogP contribution in [0.2, 0.25) is 0 Å². The van der Waals surface area contributed by atoms with E-state index in [1.54, 1.807) is 13.8 Å². The monoisotopic (exact) mass is 635 g/mol. The Morgan fingerprint density at radius 1 is 1.18 bits per heavy atom. The zero-order valence-electron chi connectivity index (χ0n) is 28.0. The van der Waals surface area contributed by atoms with Crippen molar-refractivity contribution in [2.24, 2.45) is 23.7 Å². The first-order valence-corrected chi connectivity index (χ1v) is 16.5. The number of carbonyl (C=O) groups is 2. The fourth-order valence-electron chi connectivity index (χ4n) is 7.73. The number of phenols is 1. The lowest BCUT2D eigenvalue weighted by atomic mass is 9.76. The Hall–Kier alpha value is -2.60. The van der Waals surface area contributed by atoms with E-state index in [-0.39, 0.29) is 54.0 Å². The van der Waals surface area contributed by atoms with Crippen molar-refractivity contribution < 1.29 is 44.4 Å². The molecule has 11 nitrogen and oxygen atoms in total. The lowest BCUT2D eigenvalue weighted by Crippen LogP contribution is -2.55. The molecular formula is C34H53NO10. The molecule has 3 rings (SSSR count). The molecule has 0 bridgehead atoms. The first kappa shape index (κ1) is 36.9. The Balaban J connectivity index is 1.75. The number of hydrogen-bond acceptors (Lipinski definition) is 9. The van der Waals surface area contributed by atoms with Gasteiger partial charge >= 0.3 is 5.97 Å². The van der Waals surface area contributed by atoms with Gasteiger partial charge in [0.25, 0.3) is 5.69 Å². The van der Waals surface area contributed by atoms with Gasteiger partial charge in [-0.25, -0.2) is 4.79 Å².